The number of allylic oxidation sites excluding steroid dienone is 1. The van der Waals surface area contributed by atoms with Crippen LogP contribution < -0.4 is 14.2 Å². The Morgan fingerprint density at radius 3 is 2.31 bits per heavy atom. The highest BCUT2D eigenvalue weighted by atomic mass is 16.5. The Labute approximate surface area is 206 Å². The van der Waals surface area contributed by atoms with Crippen LogP contribution in [0, 0.1) is 0 Å². The molecule has 174 valence electrons. The van der Waals surface area contributed by atoms with E-state index in [9.17, 15) is 0 Å². The number of hydrogen-bond acceptors (Lipinski definition) is 4. The first kappa shape index (κ1) is 22.5. The van der Waals surface area contributed by atoms with E-state index in [1.807, 2.05) is 79.9 Å². The molecule has 0 saturated carbocycles. The maximum Gasteiger partial charge on any atom is 0.144 e. The van der Waals surface area contributed by atoms with Gasteiger partial charge in [0.25, 0.3) is 0 Å². The van der Waals surface area contributed by atoms with Crippen molar-refractivity contribution in [2.75, 3.05) is 13.7 Å². The fraction of sp³-hybridized carbons (Fsp3) is 0.129. The molecule has 0 fully saturated rings. The second-order valence-corrected chi connectivity index (χ2v) is 8.16. The summed E-state index contributed by atoms with van der Waals surface area (Å²) in [5.41, 5.74) is 4.98. The van der Waals surface area contributed by atoms with Crippen molar-refractivity contribution in [3.05, 3.63) is 125 Å². The maximum absolute atomic E-state index is 6.54. The van der Waals surface area contributed by atoms with Crippen LogP contribution in [0.4, 0.5) is 5.69 Å². The number of benzene rings is 4. The summed E-state index contributed by atoms with van der Waals surface area (Å²) < 4.78 is 17.7. The smallest absolute Gasteiger partial charge is 0.144 e. The Bertz CT molecular complexity index is 1360. The zero-order valence-electron chi connectivity index (χ0n) is 19.8. The molecule has 0 saturated heterocycles. The number of fused-ring (bicyclic) bond motifs is 1. The van der Waals surface area contributed by atoms with Gasteiger partial charge in [-0.05, 0) is 55.0 Å². The van der Waals surface area contributed by atoms with E-state index < -0.39 is 0 Å². The zero-order chi connectivity index (χ0) is 24.0. The summed E-state index contributed by atoms with van der Waals surface area (Å²) >= 11 is 0. The highest BCUT2D eigenvalue weighted by Gasteiger charge is 2.30. The van der Waals surface area contributed by atoms with Crippen molar-refractivity contribution in [1.82, 2.24) is 0 Å². The first-order valence-corrected chi connectivity index (χ1v) is 11.7. The van der Waals surface area contributed by atoms with Crippen LogP contribution in [0.3, 0.4) is 0 Å². The van der Waals surface area contributed by atoms with Gasteiger partial charge in [-0.3, -0.25) is 4.99 Å². The Morgan fingerprint density at radius 1 is 0.829 bits per heavy atom. The van der Waals surface area contributed by atoms with Crippen LogP contribution in [0.5, 0.6) is 17.2 Å². The van der Waals surface area contributed by atoms with Crippen LogP contribution in [0.1, 0.15) is 29.5 Å². The third kappa shape index (κ3) is 4.69. The van der Waals surface area contributed by atoms with E-state index in [0.29, 0.717) is 6.61 Å². The molecule has 0 bridgehead atoms. The lowest BCUT2D eigenvalue weighted by molar-refractivity contribution is 0.340. The molecule has 0 spiro atoms. The van der Waals surface area contributed by atoms with E-state index in [4.69, 9.17) is 19.2 Å². The summed E-state index contributed by atoms with van der Waals surface area (Å²) in [7, 11) is 1.66. The van der Waals surface area contributed by atoms with Crippen molar-refractivity contribution in [3.8, 4) is 17.2 Å². The van der Waals surface area contributed by atoms with Gasteiger partial charge in [-0.15, -0.1) is 0 Å². The number of methoxy groups -OCH3 is 1. The Kier molecular flexibility index (Phi) is 6.62. The Morgan fingerprint density at radius 2 is 1.54 bits per heavy atom. The van der Waals surface area contributed by atoms with Gasteiger partial charge >= 0.3 is 0 Å². The second kappa shape index (κ2) is 10.3. The minimum atomic E-state index is -0.0406. The molecule has 1 aliphatic heterocycles. The van der Waals surface area contributed by atoms with Crippen molar-refractivity contribution in [1.29, 1.82) is 0 Å². The van der Waals surface area contributed by atoms with Crippen LogP contribution in [0.25, 0.3) is 5.76 Å². The van der Waals surface area contributed by atoms with Gasteiger partial charge in [0.1, 0.15) is 28.7 Å². The minimum Gasteiger partial charge on any atom is -0.494 e. The first-order valence-electron chi connectivity index (χ1n) is 11.7. The summed E-state index contributed by atoms with van der Waals surface area (Å²) in [6.07, 6.45) is 1.91. The van der Waals surface area contributed by atoms with Crippen LogP contribution in [-0.2, 0) is 0 Å². The molecular weight excluding hydrogens is 434 g/mol. The Balaban J connectivity index is 1.70. The van der Waals surface area contributed by atoms with E-state index in [2.05, 4.69) is 36.4 Å². The molecule has 4 heteroatoms. The third-order valence-corrected chi connectivity index (χ3v) is 6.00. The van der Waals surface area contributed by atoms with Gasteiger partial charge in [-0.1, -0.05) is 60.7 Å². The van der Waals surface area contributed by atoms with Crippen molar-refractivity contribution >= 4 is 17.7 Å². The fourth-order valence-electron chi connectivity index (χ4n) is 4.39. The molecule has 0 aliphatic carbocycles. The van der Waals surface area contributed by atoms with Gasteiger partial charge in [-0.2, -0.15) is 0 Å². The number of ether oxygens (including phenoxy) is 3. The zero-order valence-corrected chi connectivity index (χ0v) is 19.8. The van der Waals surface area contributed by atoms with E-state index in [0.717, 1.165) is 45.4 Å². The summed E-state index contributed by atoms with van der Waals surface area (Å²) in [6.45, 7) is 2.60. The van der Waals surface area contributed by atoms with E-state index >= 15 is 0 Å². The lowest BCUT2D eigenvalue weighted by atomic mass is 9.81. The average Bonchev–Trinajstić information content (AvgIpc) is 2.92. The highest BCUT2D eigenvalue weighted by molar-refractivity contribution is 5.95. The Hall–Kier alpha value is -4.31. The topological polar surface area (TPSA) is 40.0 Å². The molecule has 0 unspecified atom stereocenters. The standard InChI is InChI=1S/C31H27NO3/c1-3-34-24-19-17-23(18-20-24)31-26(21-32-27-14-8-10-16-29(27)33-2)30(22-11-5-4-6-12-22)25-13-7-9-15-28(25)35-31/h4-21,30H,3H2,1-2H3/t30-/m1/s1. The van der Waals surface area contributed by atoms with Crippen LogP contribution in [0.2, 0.25) is 0 Å². The van der Waals surface area contributed by atoms with Crippen molar-refractivity contribution in [3.63, 3.8) is 0 Å². The van der Waals surface area contributed by atoms with Crippen LogP contribution in [-0.4, -0.2) is 19.9 Å². The maximum atomic E-state index is 6.54. The summed E-state index contributed by atoms with van der Waals surface area (Å²) in [5.74, 6) is 3.14. The van der Waals surface area contributed by atoms with Gasteiger partial charge in [0.15, 0.2) is 0 Å². The van der Waals surface area contributed by atoms with Gasteiger partial charge in [-0.25, -0.2) is 0 Å². The molecule has 1 atom stereocenters. The normalized spacial score (nSPS) is 15.0. The largest absolute Gasteiger partial charge is 0.494 e. The van der Waals surface area contributed by atoms with Gasteiger partial charge in [0.05, 0.1) is 13.7 Å². The van der Waals surface area contributed by atoms with Crippen molar-refractivity contribution < 1.29 is 14.2 Å². The highest BCUT2D eigenvalue weighted by Crippen LogP contribution is 2.45. The van der Waals surface area contributed by atoms with Gasteiger partial charge < -0.3 is 14.2 Å². The monoisotopic (exact) mass is 461 g/mol. The predicted octanol–water partition coefficient (Wildman–Crippen LogP) is 7.43. The van der Waals surface area contributed by atoms with E-state index in [-0.39, 0.29) is 5.92 Å². The number of rotatable bonds is 7. The molecule has 1 aliphatic rings. The molecule has 0 aromatic heterocycles. The van der Waals surface area contributed by atoms with Gasteiger partial charge in [0, 0.05) is 28.8 Å². The molecule has 4 aromatic carbocycles. The van der Waals surface area contributed by atoms with Crippen LogP contribution in [0.15, 0.2) is 114 Å². The molecule has 4 aromatic rings. The number of para-hydroxylation sites is 3. The van der Waals surface area contributed by atoms with Crippen molar-refractivity contribution in [2.45, 2.75) is 12.8 Å². The van der Waals surface area contributed by atoms with Gasteiger partial charge in [0.2, 0.25) is 0 Å². The molecule has 35 heavy (non-hydrogen) atoms. The second-order valence-electron chi connectivity index (χ2n) is 8.16. The summed E-state index contributed by atoms with van der Waals surface area (Å²) in [4.78, 5) is 4.86. The third-order valence-electron chi connectivity index (χ3n) is 6.00. The molecule has 1 heterocycles. The molecule has 0 radical (unpaired) electrons. The molecule has 0 amide bonds. The SMILES string of the molecule is CCOc1ccc(C2=C(C=Nc3ccccc3OC)[C@H](c3ccccc3)c3ccccc3O2)cc1. The number of aliphatic imine (C=N–C) groups is 1. The minimum absolute atomic E-state index is 0.0406. The lowest BCUT2D eigenvalue weighted by Crippen LogP contribution is -2.17. The molecule has 5 rings (SSSR count). The summed E-state index contributed by atoms with van der Waals surface area (Å²) in [5, 5.41) is 0. The van der Waals surface area contributed by atoms with Crippen molar-refractivity contribution in [2.24, 2.45) is 4.99 Å². The molecule has 4 nitrogen and oxygen atoms in total. The first-order chi connectivity index (χ1) is 17.3. The molecule has 0 N–H and O–H groups in total. The van der Waals surface area contributed by atoms with E-state index in [1.165, 1.54) is 5.56 Å². The lowest BCUT2D eigenvalue weighted by Gasteiger charge is -2.30. The quantitative estimate of drug-likeness (QED) is 0.269. The molecular formula is C31H27NO3. The fourth-order valence-corrected chi connectivity index (χ4v) is 4.39. The predicted molar refractivity (Wildman–Crippen MR) is 141 cm³/mol. The van der Waals surface area contributed by atoms with Crippen LogP contribution >= 0.6 is 0 Å². The summed E-state index contributed by atoms with van der Waals surface area (Å²) in [6, 6.07) is 34.5. The number of nitrogens with zero attached hydrogens (tertiary/aromatic N) is 1. The van der Waals surface area contributed by atoms with E-state index in [1.54, 1.807) is 7.11 Å². The number of hydrogen-bond donors (Lipinski definition) is 0. The average molecular weight is 462 g/mol.